The number of ether oxygens (including phenoxy) is 2. The number of rotatable bonds is 3. The fourth-order valence-electron chi connectivity index (χ4n) is 3.07. The molecule has 0 radical (unpaired) electrons. The van der Waals surface area contributed by atoms with Gasteiger partial charge < -0.3 is 9.47 Å². The molecule has 5 heteroatoms. The van der Waals surface area contributed by atoms with Crippen molar-refractivity contribution in [2.75, 3.05) is 27.3 Å². The first-order valence-electron chi connectivity index (χ1n) is 7.54. The van der Waals surface area contributed by atoms with Crippen LogP contribution < -0.4 is 10.0 Å². The summed E-state index contributed by atoms with van der Waals surface area (Å²) >= 11 is 0. The summed E-state index contributed by atoms with van der Waals surface area (Å²) in [6, 6.07) is 6.01. The number of nitrogens with zero attached hydrogens (tertiary/aromatic N) is 1. The zero-order valence-electron chi connectivity index (χ0n) is 14.1. The molecule has 1 heterocycles. The van der Waals surface area contributed by atoms with E-state index in [1.807, 2.05) is 12.1 Å². The van der Waals surface area contributed by atoms with Crippen LogP contribution in [0.3, 0.4) is 0 Å². The smallest absolute Gasteiger partial charge is 0.310 e. The highest BCUT2D eigenvalue weighted by Gasteiger charge is 2.43. The Morgan fingerprint density at radius 2 is 1.95 bits per heavy atom. The van der Waals surface area contributed by atoms with E-state index in [0.717, 1.165) is 24.1 Å². The second kappa shape index (κ2) is 6.55. The maximum absolute atomic E-state index is 12.2. The van der Waals surface area contributed by atoms with E-state index in [-0.39, 0.29) is 23.3 Å². The zero-order chi connectivity index (χ0) is 16.5. The van der Waals surface area contributed by atoms with Gasteiger partial charge in [-0.1, -0.05) is 6.07 Å². The van der Waals surface area contributed by atoms with Gasteiger partial charge in [-0.15, -0.1) is 9.24 Å². The molecule has 0 spiro atoms. The fraction of sp³-hybridized carbons (Fsp3) is 0.588. The van der Waals surface area contributed by atoms with Crippen molar-refractivity contribution in [1.29, 1.82) is 0 Å². The average molecular weight is 323 g/mol. The van der Waals surface area contributed by atoms with E-state index >= 15 is 0 Å². The standard InChI is InChI=1S/C17H26NO3P/c1-17(2,3)18-9-13(14(10-18)16(19)21-5)12-7-6-11(20-4)8-15(12)22/h6-8,13-14H,9-10,22H2,1-5H3. The lowest BCUT2D eigenvalue weighted by Crippen LogP contribution is -2.40. The van der Waals surface area contributed by atoms with Crippen molar-refractivity contribution in [1.82, 2.24) is 4.90 Å². The summed E-state index contributed by atoms with van der Waals surface area (Å²) in [5.74, 6) is 0.716. The fourth-order valence-corrected chi connectivity index (χ4v) is 3.55. The Kier molecular flexibility index (Phi) is 5.14. The molecule has 1 aliphatic rings. The summed E-state index contributed by atoms with van der Waals surface area (Å²) in [6.45, 7) is 8.13. The Morgan fingerprint density at radius 1 is 1.27 bits per heavy atom. The summed E-state index contributed by atoms with van der Waals surface area (Å²) < 4.78 is 10.3. The van der Waals surface area contributed by atoms with Crippen LogP contribution in [0, 0.1) is 5.92 Å². The minimum absolute atomic E-state index is 0.0362. The first kappa shape index (κ1) is 17.2. The summed E-state index contributed by atoms with van der Waals surface area (Å²) in [6.07, 6.45) is 0. The van der Waals surface area contributed by atoms with Gasteiger partial charge in [-0.2, -0.15) is 0 Å². The van der Waals surface area contributed by atoms with Crippen molar-refractivity contribution in [3.05, 3.63) is 23.8 Å². The lowest BCUT2D eigenvalue weighted by molar-refractivity contribution is -0.145. The van der Waals surface area contributed by atoms with Crippen LogP contribution in [0.5, 0.6) is 5.75 Å². The SMILES string of the molecule is COC(=O)C1CN(C(C)(C)C)CC1c1ccc(OC)cc1P. The Hall–Kier alpha value is -1.12. The maximum Gasteiger partial charge on any atom is 0.310 e. The van der Waals surface area contributed by atoms with Gasteiger partial charge in [0.1, 0.15) is 5.75 Å². The van der Waals surface area contributed by atoms with Crippen LogP contribution in [0.2, 0.25) is 0 Å². The van der Waals surface area contributed by atoms with Crippen molar-refractivity contribution in [2.24, 2.45) is 5.92 Å². The first-order chi connectivity index (χ1) is 10.3. The number of esters is 1. The lowest BCUT2D eigenvalue weighted by atomic mass is 9.89. The molecule has 122 valence electrons. The average Bonchev–Trinajstić information content (AvgIpc) is 2.91. The molecule has 1 saturated heterocycles. The third-order valence-corrected chi connectivity index (χ3v) is 4.97. The van der Waals surface area contributed by atoms with Crippen molar-refractivity contribution in [3.8, 4) is 5.75 Å². The first-order valence-corrected chi connectivity index (χ1v) is 8.12. The Balaban J connectivity index is 2.35. The number of carbonyl (C=O) groups is 1. The van der Waals surface area contributed by atoms with Crippen molar-refractivity contribution >= 4 is 20.5 Å². The Morgan fingerprint density at radius 3 is 2.45 bits per heavy atom. The molecular weight excluding hydrogens is 297 g/mol. The molecule has 3 atom stereocenters. The summed E-state index contributed by atoms with van der Waals surface area (Å²) in [7, 11) is 5.89. The van der Waals surface area contributed by atoms with E-state index in [1.165, 1.54) is 12.7 Å². The van der Waals surface area contributed by atoms with Crippen LogP contribution in [0.15, 0.2) is 18.2 Å². The topological polar surface area (TPSA) is 38.8 Å². The molecule has 0 N–H and O–H groups in total. The number of likely N-dealkylation sites (tertiary alicyclic amines) is 1. The Bertz CT molecular complexity index is 553. The number of hydrogen-bond acceptors (Lipinski definition) is 4. The van der Waals surface area contributed by atoms with Gasteiger partial charge in [0.25, 0.3) is 0 Å². The van der Waals surface area contributed by atoms with Gasteiger partial charge in [-0.25, -0.2) is 0 Å². The van der Waals surface area contributed by atoms with Gasteiger partial charge in [0.15, 0.2) is 0 Å². The molecule has 0 saturated carbocycles. The van der Waals surface area contributed by atoms with Gasteiger partial charge in [0.2, 0.25) is 0 Å². The normalized spacial score (nSPS) is 22.6. The van der Waals surface area contributed by atoms with Crippen LogP contribution in [0.4, 0.5) is 0 Å². The number of carbonyl (C=O) groups excluding carboxylic acids is 1. The highest BCUT2D eigenvalue weighted by molar-refractivity contribution is 7.27. The molecule has 1 aromatic carbocycles. The molecule has 1 fully saturated rings. The van der Waals surface area contributed by atoms with Crippen LogP contribution in [0.1, 0.15) is 32.3 Å². The minimum Gasteiger partial charge on any atom is -0.497 e. The molecule has 2 rings (SSSR count). The molecule has 0 amide bonds. The minimum atomic E-state index is -0.128. The number of hydrogen-bond donors (Lipinski definition) is 0. The van der Waals surface area contributed by atoms with Crippen molar-refractivity contribution in [2.45, 2.75) is 32.2 Å². The number of methoxy groups -OCH3 is 2. The molecular formula is C17H26NO3P. The molecule has 1 aromatic rings. The van der Waals surface area contributed by atoms with Crippen LogP contribution in [-0.2, 0) is 9.53 Å². The highest BCUT2D eigenvalue weighted by Crippen LogP contribution is 2.37. The summed E-state index contributed by atoms with van der Waals surface area (Å²) in [4.78, 5) is 14.6. The van der Waals surface area contributed by atoms with Gasteiger partial charge in [0.05, 0.1) is 20.1 Å². The van der Waals surface area contributed by atoms with E-state index in [2.05, 4.69) is 41.0 Å². The Labute approximate surface area is 135 Å². The molecule has 3 unspecified atom stereocenters. The predicted octanol–water partition coefficient (Wildman–Crippen LogP) is 2.18. The quantitative estimate of drug-likeness (QED) is 0.631. The predicted molar refractivity (Wildman–Crippen MR) is 91.9 cm³/mol. The van der Waals surface area contributed by atoms with E-state index in [4.69, 9.17) is 9.47 Å². The zero-order valence-corrected chi connectivity index (χ0v) is 15.2. The molecule has 0 bridgehead atoms. The molecule has 0 aliphatic carbocycles. The highest BCUT2D eigenvalue weighted by atomic mass is 31.0. The molecule has 0 aromatic heterocycles. The van der Waals surface area contributed by atoms with Crippen LogP contribution in [-0.4, -0.2) is 43.7 Å². The van der Waals surface area contributed by atoms with Gasteiger partial charge in [0, 0.05) is 24.5 Å². The van der Waals surface area contributed by atoms with Crippen molar-refractivity contribution in [3.63, 3.8) is 0 Å². The van der Waals surface area contributed by atoms with Gasteiger partial charge in [-0.3, -0.25) is 9.69 Å². The van der Waals surface area contributed by atoms with Crippen LogP contribution in [0.25, 0.3) is 0 Å². The van der Waals surface area contributed by atoms with Crippen molar-refractivity contribution < 1.29 is 14.3 Å². The lowest BCUT2D eigenvalue weighted by Gasteiger charge is -2.31. The van der Waals surface area contributed by atoms with E-state index < -0.39 is 0 Å². The second-order valence-electron chi connectivity index (χ2n) is 6.81. The van der Waals surface area contributed by atoms with Gasteiger partial charge in [-0.05, 0) is 43.8 Å². The molecule has 1 aliphatic heterocycles. The van der Waals surface area contributed by atoms with Crippen LogP contribution >= 0.6 is 9.24 Å². The number of benzene rings is 1. The summed E-state index contributed by atoms with van der Waals surface area (Å²) in [5, 5.41) is 1.08. The second-order valence-corrected chi connectivity index (χ2v) is 7.43. The largest absolute Gasteiger partial charge is 0.497 e. The maximum atomic E-state index is 12.2. The molecule has 4 nitrogen and oxygen atoms in total. The summed E-state index contributed by atoms with van der Waals surface area (Å²) in [5.41, 5.74) is 1.21. The third kappa shape index (κ3) is 3.44. The monoisotopic (exact) mass is 323 g/mol. The van der Waals surface area contributed by atoms with Gasteiger partial charge >= 0.3 is 5.97 Å². The third-order valence-electron chi connectivity index (χ3n) is 4.47. The van der Waals surface area contributed by atoms with E-state index in [1.54, 1.807) is 7.11 Å². The van der Waals surface area contributed by atoms with E-state index in [0.29, 0.717) is 0 Å². The van der Waals surface area contributed by atoms with E-state index in [9.17, 15) is 4.79 Å². The molecule has 22 heavy (non-hydrogen) atoms.